The van der Waals surface area contributed by atoms with Gasteiger partial charge < -0.3 is 5.32 Å². The maximum absolute atomic E-state index is 12.5. The van der Waals surface area contributed by atoms with Crippen molar-refractivity contribution in [2.24, 2.45) is 0 Å². The summed E-state index contributed by atoms with van der Waals surface area (Å²) in [5, 5.41) is 10.4. The van der Waals surface area contributed by atoms with Crippen LogP contribution in [0.25, 0.3) is 22.0 Å². The van der Waals surface area contributed by atoms with Crippen molar-refractivity contribution in [1.29, 1.82) is 0 Å². The van der Waals surface area contributed by atoms with Crippen LogP contribution < -0.4 is 10.6 Å². The zero-order chi connectivity index (χ0) is 20.2. The van der Waals surface area contributed by atoms with E-state index in [4.69, 9.17) is 0 Å². The maximum Gasteiger partial charge on any atom is 0.257 e. The molecule has 5 nitrogen and oxygen atoms in total. The first-order valence-electron chi connectivity index (χ1n) is 9.18. The van der Waals surface area contributed by atoms with Crippen molar-refractivity contribution in [2.75, 3.05) is 5.32 Å². The summed E-state index contributed by atoms with van der Waals surface area (Å²) in [5.74, 6) is -0.299. The van der Waals surface area contributed by atoms with Crippen molar-refractivity contribution in [3.63, 3.8) is 0 Å². The van der Waals surface area contributed by atoms with E-state index >= 15 is 0 Å². The van der Waals surface area contributed by atoms with E-state index in [1.54, 1.807) is 12.1 Å². The molecule has 1 heterocycles. The average Bonchev–Trinajstić information content (AvgIpc) is 3.20. The van der Waals surface area contributed by atoms with E-state index < -0.39 is 0 Å². The monoisotopic (exact) mass is 401 g/mol. The van der Waals surface area contributed by atoms with Crippen LogP contribution in [0, 0.1) is 0 Å². The summed E-state index contributed by atoms with van der Waals surface area (Å²) < 4.78 is 0. The van der Waals surface area contributed by atoms with Crippen molar-refractivity contribution >= 4 is 39.1 Å². The molecule has 1 aromatic heterocycles. The topological polar surface area (TPSA) is 71.1 Å². The fraction of sp³-hybridized carbons (Fsp3) is 0.0870. The Balaban J connectivity index is 1.49. The molecule has 0 saturated carbocycles. The highest BCUT2D eigenvalue weighted by molar-refractivity contribution is 7.14. The second-order valence-corrected chi connectivity index (χ2v) is 7.48. The summed E-state index contributed by atoms with van der Waals surface area (Å²) in [5.41, 5.74) is 3.36. The van der Waals surface area contributed by atoms with Crippen molar-refractivity contribution < 1.29 is 9.59 Å². The molecule has 4 aromatic rings. The predicted molar refractivity (Wildman–Crippen MR) is 117 cm³/mol. The quantitative estimate of drug-likeness (QED) is 0.502. The van der Waals surface area contributed by atoms with E-state index in [9.17, 15) is 9.59 Å². The van der Waals surface area contributed by atoms with Crippen LogP contribution in [-0.4, -0.2) is 16.8 Å². The minimum Gasteiger partial charge on any atom is -0.352 e. The first-order chi connectivity index (χ1) is 14.1. The lowest BCUT2D eigenvalue weighted by Crippen LogP contribution is -2.19. The van der Waals surface area contributed by atoms with Gasteiger partial charge in [0.15, 0.2) is 5.13 Å². The van der Waals surface area contributed by atoms with Crippen LogP contribution in [0.1, 0.15) is 22.8 Å². The molecule has 0 fully saturated rings. The highest BCUT2D eigenvalue weighted by Crippen LogP contribution is 2.31. The summed E-state index contributed by atoms with van der Waals surface area (Å²) >= 11 is 1.40. The third-order valence-electron chi connectivity index (χ3n) is 4.55. The van der Waals surface area contributed by atoms with Gasteiger partial charge >= 0.3 is 0 Å². The van der Waals surface area contributed by atoms with Gasteiger partial charge in [-0.05, 0) is 28.5 Å². The average molecular weight is 401 g/mol. The number of aromatic nitrogens is 1. The van der Waals surface area contributed by atoms with Gasteiger partial charge in [-0.2, -0.15) is 0 Å². The third kappa shape index (κ3) is 4.33. The normalized spacial score (nSPS) is 10.7. The van der Waals surface area contributed by atoms with E-state index in [1.807, 2.05) is 41.8 Å². The number of amides is 2. The number of hydrogen-bond acceptors (Lipinski definition) is 4. The Hall–Kier alpha value is -3.51. The van der Waals surface area contributed by atoms with Gasteiger partial charge in [-0.25, -0.2) is 4.98 Å². The Morgan fingerprint density at radius 1 is 0.966 bits per heavy atom. The molecule has 0 spiro atoms. The van der Waals surface area contributed by atoms with Crippen molar-refractivity contribution in [3.05, 3.63) is 83.2 Å². The SMILES string of the molecule is CC(=O)NCc1ccc(C(=O)Nc2nc(-c3cccc4ccccc34)cs2)cc1. The molecule has 0 atom stereocenters. The molecule has 4 rings (SSSR count). The molecule has 2 amide bonds. The molecule has 6 heteroatoms. The summed E-state index contributed by atoms with van der Waals surface area (Å²) in [4.78, 5) is 28.1. The second kappa shape index (κ2) is 8.24. The Bertz CT molecular complexity index is 1180. The van der Waals surface area contributed by atoms with Crippen LogP contribution in [0.5, 0.6) is 0 Å². The van der Waals surface area contributed by atoms with Gasteiger partial charge in [0, 0.05) is 30.0 Å². The minimum atomic E-state index is -0.213. The minimum absolute atomic E-state index is 0.0856. The third-order valence-corrected chi connectivity index (χ3v) is 5.31. The van der Waals surface area contributed by atoms with Gasteiger partial charge in [0.25, 0.3) is 5.91 Å². The predicted octanol–water partition coefficient (Wildman–Crippen LogP) is 4.85. The van der Waals surface area contributed by atoms with Crippen molar-refractivity contribution in [3.8, 4) is 11.3 Å². The molecule has 0 bridgehead atoms. The van der Waals surface area contributed by atoms with Gasteiger partial charge in [-0.1, -0.05) is 54.6 Å². The largest absolute Gasteiger partial charge is 0.352 e. The number of anilines is 1. The second-order valence-electron chi connectivity index (χ2n) is 6.63. The van der Waals surface area contributed by atoms with Gasteiger partial charge in [0.05, 0.1) is 5.69 Å². The summed E-state index contributed by atoms with van der Waals surface area (Å²) in [7, 11) is 0. The maximum atomic E-state index is 12.5. The number of nitrogens with one attached hydrogen (secondary N) is 2. The van der Waals surface area contributed by atoms with Crippen LogP contribution in [0.4, 0.5) is 5.13 Å². The number of rotatable bonds is 5. The molecule has 3 aromatic carbocycles. The first kappa shape index (κ1) is 18.8. The lowest BCUT2D eigenvalue weighted by molar-refractivity contribution is -0.119. The van der Waals surface area contributed by atoms with E-state index in [-0.39, 0.29) is 11.8 Å². The molecule has 2 N–H and O–H groups in total. The Morgan fingerprint density at radius 3 is 2.52 bits per heavy atom. The number of benzene rings is 3. The Kier molecular flexibility index (Phi) is 5.35. The lowest BCUT2D eigenvalue weighted by atomic mass is 10.0. The molecule has 0 saturated heterocycles. The standard InChI is InChI=1S/C23H19N3O2S/c1-15(27)24-13-16-9-11-18(12-10-16)22(28)26-23-25-21(14-29-23)20-8-4-6-17-5-2-3-7-19(17)20/h2-12,14H,13H2,1H3,(H,24,27)(H,25,26,28). The lowest BCUT2D eigenvalue weighted by Gasteiger charge is -2.05. The summed E-state index contributed by atoms with van der Waals surface area (Å²) in [6, 6.07) is 21.4. The van der Waals surface area contributed by atoms with E-state index in [2.05, 4.69) is 33.8 Å². The summed E-state index contributed by atoms with van der Waals surface area (Å²) in [6.45, 7) is 1.92. The highest BCUT2D eigenvalue weighted by Gasteiger charge is 2.11. The number of carbonyl (C=O) groups is 2. The molecule has 0 unspecified atom stereocenters. The number of hydrogen-bond donors (Lipinski definition) is 2. The van der Waals surface area contributed by atoms with Crippen LogP contribution in [0.15, 0.2) is 72.1 Å². The molecule has 0 aliphatic heterocycles. The molecule has 29 heavy (non-hydrogen) atoms. The fourth-order valence-electron chi connectivity index (χ4n) is 3.07. The van der Waals surface area contributed by atoms with Gasteiger partial charge in [-0.3, -0.25) is 14.9 Å². The first-order valence-corrected chi connectivity index (χ1v) is 10.1. The highest BCUT2D eigenvalue weighted by atomic mass is 32.1. The molecule has 0 aliphatic rings. The van der Waals surface area contributed by atoms with Crippen molar-refractivity contribution in [2.45, 2.75) is 13.5 Å². The Morgan fingerprint density at radius 2 is 1.72 bits per heavy atom. The zero-order valence-corrected chi connectivity index (χ0v) is 16.6. The van der Waals surface area contributed by atoms with Gasteiger partial charge in [0.1, 0.15) is 0 Å². The molecule has 0 aliphatic carbocycles. The van der Waals surface area contributed by atoms with Gasteiger partial charge in [-0.15, -0.1) is 11.3 Å². The fourth-order valence-corrected chi connectivity index (χ4v) is 3.78. The van der Waals surface area contributed by atoms with Gasteiger partial charge in [0.2, 0.25) is 5.91 Å². The number of carbonyl (C=O) groups excluding carboxylic acids is 2. The number of fused-ring (bicyclic) bond motifs is 1. The molecule has 144 valence electrons. The van der Waals surface area contributed by atoms with E-state index in [0.717, 1.165) is 27.6 Å². The van der Waals surface area contributed by atoms with E-state index in [1.165, 1.54) is 18.3 Å². The smallest absolute Gasteiger partial charge is 0.257 e. The molecular formula is C23H19N3O2S. The number of thiazole rings is 1. The molecular weight excluding hydrogens is 382 g/mol. The molecule has 0 radical (unpaired) electrons. The van der Waals surface area contributed by atoms with Crippen LogP contribution in [0.2, 0.25) is 0 Å². The van der Waals surface area contributed by atoms with Crippen LogP contribution in [0.3, 0.4) is 0 Å². The summed E-state index contributed by atoms with van der Waals surface area (Å²) in [6.07, 6.45) is 0. The van der Waals surface area contributed by atoms with Crippen molar-refractivity contribution in [1.82, 2.24) is 10.3 Å². The number of nitrogens with zero attached hydrogens (tertiary/aromatic N) is 1. The zero-order valence-electron chi connectivity index (χ0n) is 15.8. The van der Waals surface area contributed by atoms with Crippen LogP contribution >= 0.6 is 11.3 Å². The Labute approximate surface area is 172 Å². The van der Waals surface area contributed by atoms with E-state index in [0.29, 0.717) is 17.2 Å². The van der Waals surface area contributed by atoms with Crippen LogP contribution in [-0.2, 0) is 11.3 Å².